The topological polar surface area (TPSA) is 93.1 Å². The molecule has 0 unspecified atom stereocenters. The maximum absolute atomic E-state index is 12.3. The largest absolute Gasteiger partial charge is 0.334 e. The number of rotatable bonds is 4. The fourth-order valence-corrected chi connectivity index (χ4v) is 2.36. The van der Waals surface area contributed by atoms with Crippen molar-refractivity contribution in [1.82, 2.24) is 20.2 Å². The molecule has 0 aliphatic carbocycles. The monoisotopic (exact) mass is 336 g/mol. The van der Waals surface area contributed by atoms with Crippen molar-refractivity contribution in [3.05, 3.63) is 76.8 Å². The van der Waals surface area contributed by atoms with E-state index in [1.807, 2.05) is 30.3 Å². The van der Waals surface area contributed by atoms with E-state index in [1.165, 1.54) is 10.9 Å². The second-order valence-electron chi connectivity index (χ2n) is 5.41. The van der Waals surface area contributed by atoms with Gasteiger partial charge in [0.15, 0.2) is 0 Å². The zero-order chi connectivity index (χ0) is 17.6. The number of hydrogen-bond acceptors (Lipinski definition) is 4. The lowest BCUT2D eigenvalue weighted by atomic mass is 10.2. The summed E-state index contributed by atoms with van der Waals surface area (Å²) in [7, 11) is 0. The number of carbonyl (C=O) groups excluding carboxylic acids is 2. The summed E-state index contributed by atoms with van der Waals surface area (Å²) < 4.78 is 1.17. The van der Waals surface area contributed by atoms with Crippen LogP contribution < -0.4 is 16.2 Å². The zero-order valence-electron chi connectivity index (χ0n) is 13.3. The number of para-hydroxylation sites is 1. The van der Waals surface area contributed by atoms with E-state index in [0.717, 1.165) is 5.56 Å². The summed E-state index contributed by atoms with van der Waals surface area (Å²) in [6.45, 7) is 0.0207. The van der Waals surface area contributed by atoms with Crippen molar-refractivity contribution in [3.8, 4) is 0 Å². The second kappa shape index (κ2) is 7.39. The number of amides is 3. The predicted molar refractivity (Wildman–Crippen MR) is 92.8 cm³/mol. The van der Waals surface area contributed by atoms with Gasteiger partial charge in [0.05, 0.1) is 17.2 Å². The van der Waals surface area contributed by atoms with Crippen molar-refractivity contribution in [2.75, 3.05) is 0 Å². The number of benzene rings is 2. The van der Waals surface area contributed by atoms with E-state index in [9.17, 15) is 14.4 Å². The van der Waals surface area contributed by atoms with E-state index in [1.54, 1.807) is 24.3 Å². The lowest BCUT2D eigenvalue weighted by molar-refractivity contribution is -0.120. The summed E-state index contributed by atoms with van der Waals surface area (Å²) in [5.41, 5.74) is 1.15. The maximum Gasteiger partial charge on any atom is 0.321 e. The summed E-state index contributed by atoms with van der Waals surface area (Å²) in [6, 6.07) is 15.6. The minimum Gasteiger partial charge on any atom is -0.334 e. The smallest absolute Gasteiger partial charge is 0.321 e. The van der Waals surface area contributed by atoms with Gasteiger partial charge in [0.25, 0.3) is 5.56 Å². The number of urea groups is 1. The van der Waals surface area contributed by atoms with E-state index in [2.05, 4.69) is 15.6 Å². The first-order valence-corrected chi connectivity index (χ1v) is 7.69. The molecule has 0 fully saturated rings. The van der Waals surface area contributed by atoms with Crippen molar-refractivity contribution in [1.29, 1.82) is 0 Å². The summed E-state index contributed by atoms with van der Waals surface area (Å²) in [4.78, 5) is 40.2. The molecule has 0 bridgehead atoms. The number of hydrogen-bond donors (Lipinski definition) is 2. The highest BCUT2D eigenvalue weighted by atomic mass is 16.2. The first-order chi connectivity index (χ1) is 12.1. The summed E-state index contributed by atoms with van der Waals surface area (Å²) >= 11 is 0. The highest BCUT2D eigenvalue weighted by molar-refractivity contribution is 5.94. The molecule has 7 heteroatoms. The molecule has 2 N–H and O–H groups in total. The average molecular weight is 336 g/mol. The molecule has 0 radical (unpaired) electrons. The summed E-state index contributed by atoms with van der Waals surface area (Å²) in [6.07, 6.45) is 1.30. The zero-order valence-corrected chi connectivity index (χ0v) is 13.3. The van der Waals surface area contributed by atoms with Gasteiger partial charge >= 0.3 is 6.03 Å². The number of aromatic nitrogens is 2. The molecule has 7 nitrogen and oxygen atoms in total. The molecular weight excluding hydrogens is 320 g/mol. The second-order valence-corrected chi connectivity index (χ2v) is 5.41. The van der Waals surface area contributed by atoms with Gasteiger partial charge in [-0.3, -0.25) is 19.5 Å². The summed E-state index contributed by atoms with van der Waals surface area (Å²) in [5, 5.41) is 5.21. The van der Waals surface area contributed by atoms with Crippen LogP contribution in [0.25, 0.3) is 10.9 Å². The van der Waals surface area contributed by atoms with Crippen molar-refractivity contribution >= 4 is 22.8 Å². The molecule has 1 heterocycles. The lowest BCUT2D eigenvalue weighted by Crippen LogP contribution is -2.41. The number of fused-ring (bicyclic) bond motifs is 1. The molecular formula is C18H16N4O3. The van der Waals surface area contributed by atoms with Gasteiger partial charge in [0.2, 0.25) is 5.91 Å². The van der Waals surface area contributed by atoms with Gasteiger partial charge in [0, 0.05) is 6.54 Å². The third-order valence-corrected chi connectivity index (χ3v) is 3.59. The van der Waals surface area contributed by atoms with Gasteiger partial charge < -0.3 is 5.32 Å². The molecule has 0 aliphatic heterocycles. The predicted octanol–water partition coefficient (Wildman–Crippen LogP) is 1.42. The van der Waals surface area contributed by atoms with E-state index in [-0.39, 0.29) is 12.1 Å². The molecule has 3 rings (SSSR count). The van der Waals surface area contributed by atoms with Crippen LogP contribution in [-0.4, -0.2) is 21.5 Å². The molecule has 25 heavy (non-hydrogen) atoms. The first kappa shape index (κ1) is 16.4. The Labute approximate surface area is 143 Å². The first-order valence-electron chi connectivity index (χ1n) is 7.69. The molecule has 0 aliphatic rings. The number of imide groups is 1. The Balaban J connectivity index is 1.60. The molecule has 2 aromatic carbocycles. The van der Waals surface area contributed by atoms with Crippen LogP contribution in [0.2, 0.25) is 0 Å². The third-order valence-electron chi connectivity index (χ3n) is 3.59. The average Bonchev–Trinajstić information content (AvgIpc) is 2.63. The maximum atomic E-state index is 12.3. The van der Waals surface area contributed by atoms with Crippen molar-refractivity contribution in [2.45, 2.75) is 13.1 Å². The van der Waals surface area contributed by atoms with Crippen LogP contribution in [-0.2, 0) is 17.9 Å². The molecule has 0 saturated heterocycles. The van der Waals surface area contributed by atoms with Gasteiger partial charge in [-0.25, -0.2) is 9.78 Å². The van der Waals surface area contributed by atoms with Crippen LogP contribution in [0.4, 0.5) is 4.79 Å². The van der Waals surface area contributed by atoms with Gasteiger partial charge in [0.1, 0.15) is 6.54 Å². The van der Waals surface area contributed by atoms with Gasteiger partial charge in [-0.2, -0.15) is 0 Å². The van der Waals surface area contributed by atoms with Crippen molar-refractivity contribution in [2.24, 2.45) is 0 Å². The highest BCUT2D eigenvalue weighted by Crippen LogP contribution is 2.04. The van der Waals surface area contributed by atoms with E-state index in [0.29, 0.717) is 17.4 Å². The highest BCUT2D eigenvalue weighted by Gasteiger charge is 2.10. The SMILES string of the molecule is O=C(Cn1cnc2ccccc2c1=O)NC(=O)NCc1ccccc1. The van der Waals surface area contributed by atoms with Crippen LogP contribution in [0.1, 0.15) is 5.56 Å². The minimum atomic E-state index is -0.615. The Morgan fingerprint density at radius 1 is 1.00 bits per heavy atom. The lowest BCUT2D eigenvalue weighted by Gasteiger charge is -2.08. The Bertz CT molecular complexity index is 967. The molecule has 126 valence electrons. The quantitative estimate of drug-likeness (QED) is 0.753. The molecule has 3 amide bonds. The molecule has 1 aromatic heterocycles. The fraction of sp³-hybridized carbons (Fsp3) is 0.111. The van der Waals surface area contributed by atoms with Crippen LogP contribution in [0.3, 0.4) is 0 Å². The Kier molecular flexibility index (Phi) is 4.84. The molecule has 0 spiro atoms. The van der Waals surface area contributed by atoms with Crippen molar-refractivity contribution < 1.29 is 9.59 Å². The van der Waals surface area contributed by atoms with Gasteiger partial charge in [-0.05, 0) is 17.7 Å². The fourth-order valence-electron chi connectivity index (χ4n) is 2.36. The van der Waals surface area contributed by atoms with Crippen LogP contribution in [0.5, 0.6) is 0 Å². The van der Waals surface area contributed by atoms with Crippen LogP contribution >= 0.6 is 0 Å². The van der Waals surface area contributed by atoms with Gasteiger partial charge in [-0.1, -0.05) is 42.5 Å². The Morgan fingerprint density at radius 2 is 1.72 bits per heavy atom. The number of carbonyl (C=O) groups is 2. The molecule has 0 saturated carbocycles. The molecule has 0 atom stereocenters. The van der Waals surface area contributed by atoms with E-state index < -0.39 is 11.9 Å². The molecule has 3 aromatic rings. The van der Waals surface area contributed by atoms with Crippen LogP contribution in [0, 0.1) is 0 Å². The third kappa shape index (κ3) is 4.08. The van der Waals surface area contributed by atoms with Crippen LogP contribution in [0.15, 0.2) is 65.7 Å². The van der Waals surface area contributed by atoms with Gasteiger partial charge in [-0.15, -0.1) is 0 Å². The van der Waals surface area contributed by atoms with E-state index in [4.69, 9.17) is 0 Å². The number of nitrogens with zero attached hydrogens (tertiary/aromatic N) is 2. The summed E-state index contributed by atoms with van der Waals surface area (Å²) in [5.74, 6) is -0.593. The van der Waals surface area contributed by atoms with Crippen molar-refractivity contribution in [3.63, 3.8) is 0 Å². The Morgan fingerprint density at radius 3 is 2.52 bits per heavy atom. The normalized spacial score (nSPS) is 10.4. The standard InChI is InChI=1S/C18H16N4O3/c23-16(21-18(25)19-10-13-6-2-1-3-7-13)11-22-12-20-15-9-5-4-8-14(15)17(22)24/h1-9,12H,10-11H2,(H2,19,21,23,25). The Hall–Kier alpha value is -3.48. The van der Waals surface area contributed by atoms with E-state index >= 15 is 0 Å². The minimum absolute atomic E-state index is 0.282. The number of nitrogens with one attached hydrogen (secondary N) is 2.